The molecule has 2 aromatic rings. The summed E-state index contributed by atoms with van der Waals surface area (Å²) in [5.41, 5.74) is 1.40. The molecule has 5 nitrogen and oxygen atoms in total. The Bertz CT molecular complexity index is 684. The zero-order valence-corrected chi connectivity index (χ0v) is 13.7. The zero-order valence-electron chi connectivity index (χ0n) is 13.0. The van der Waals surface area contributed by atoms with E-state index in [0.717, 1.165) is 18.1 Å². The lowest BCUT2D eigenvalue weighted by molar-refractivity contribution is 0.391. The van der Waals surface area contributed by atoms with E-state index in [1.807, 2.05) is 18.0 Å². The Kier molecular flexibility index (Phi) is 4.52. The summed E-state index contributed by atoms with van der Waals surface area (Å²) in [6.07, 6.45) is 2.37. The van der Waals surface area contributed by atoms with Crippen molar-refractivity contribution in [2.24, 2.45) is 4.99 Å². The highest BCUT2D eigenvalue weighted by Gasteiger charge is 2.42. The summed E-state index contributed by atoms with van der Waals surface area (Å²) in [6.45, 7) is 0.577. The van der Waals surface area contributed by atoms with E-state index in [1.54, 1.807) is 19.2 Å². The molecule has 0 radical (unpaired) electrons. The van der Waals surface area contributed by atoms with Gasteiger partial charge in [0.2, 0.25) is 0 Å². The van der Waals surface area contributed by atoms with Gasteiger partial charge in [0.1, 0.15) is 17.8 Å². The summed E-state index contributed by atoms with van der Waals surface area (Å²) in [5, 5.41) is 7.71. The summed E-state index contributed by atoms with van der Waals surface area (Å²) in [6, 6.07) is 6.73. The monoisotopic (exact) mass is 336 g/mol. The van der Waals surface area contributed by atoms with Crippen molar-refractivity contribution < 1.29 is 8.91 Å². The number of nitrogens with zero attached hydrogens (tertiary/aromatic N) is 3. The van der Waals surface area contributed by atoms with Gasteiger partial charge in [-0.2, -0.15) is 0 Å². The van der Waals surface area contributed by atoms with Gasteiger partial charge in [-0.25, -0.2) is 4.39 Å². The molecule has 0 aliphatic heterocycles. The smallest absolute Gasteiger partial charge is 0.193 e. The molecule has 23 heavy (non-hydrogen) atoms. The first-order valence-corrected chi connectivity index (χ1v) is 7.75. The topological polar surface area (TPSA) is 53.7 Å². The minimum Gasteiger partial charge on any atom is -0.364 e. The average Bonchev–Trinajstić information content (AvgIpc) is 3.06. The number of aromatic nitrogens is 1. The SMILES string of the molecule is CN=C(NC1CC1c1c(F)cccc1Cl)N(C)Cc1ccon1. The van der Waals surface area contributed by atoms with E-state index in [0.29, 0.717) is 17.1 Å². The molecule has 1 aromatic carbocycles. The number of hydrogen-bond acceptors (Lipinski definition) is 3. The first-order valence-electron chi connectivity index (χ1n) is 7.37. The number of nitrogens with one attached hydrogen (secondary N) is 1. The summed E-state index contributed by atoms with van der Waals surface area (Å²) in [7, 11) is 3.63. The Hall–Kier alpha value is -2.08. The van der Waals surface area contributed by atoms with E-state index in [2.05, 4.69) is 15.5 Å². The third-order valence-electron chi connectivity index (χ3n) is 3.94. The van der Waals surface area contributed by atoms with Crippen molar-refractivity contribution >= 4 is 17.6 Å². The molecule has 1 N–H and O–H groups in total. The van der Waals surface area contributed by atoms with Crippen LogP contribution in [-0.4, -0.2) is 36.2 Å². The molecule has 1 aliphatic carbocycles. The maximum absolute atomic E-state index is 14.0. The van der Waals surface area contributed by atoms with E-state index in [-0.39, 0.29) is 17.8 Å². The zero-order chi connectivity index (χ0) is 16.4. The van der Waals surface area contributed by atoms with Crippen molar-refractivity contribution in [2.45, 2.75) is 24.9 Å². The predicted molar refractivity (Wildman–Crippen MR) is 87.0 cm³/mol. The van der Waals surface area contributed by atoms with Gasteiger partial charge < -0.3 is 14.7 Å². The first-order chi connectivity index (χ1) is 11.1. The first kappa shape index (κ1) is 15.8. The van der Waals surface area contributed by atoms with Crippen molar-refractivity contribution in [2.75, 3.05) is 14.1 Å². The van der Waals surface area contributed by atoms with Crippen LogP contribution in [0.5, 0.6) is 0 Å². The van der Waals surface area contributed by atoms with Gasteiger partial charge >= 0.3 is 0 Å². The Labute approximate surface area is 139 Å². The molecule has 0 bridgehead atoms. The summed E-state index contributed by atoms with van der Waals surface area (Å²) >= 11 is 6.13. The lowest BCUT2D eigenvalue weighted by atomic mass is 10.1. The van der Waals surface area contributed by atoms with Gasteiger partial charge in [-0.15, -0.1) is 0 Å². The largest absolute Gasteiger partial charge is 0.364 e. The third kappa shape index (κ3) is 3.47. The Morgan fingerprint density at radius 3 is 3.00 bits per heavy atom. The Morgan fingerprint density at radius 2 is 2.35 bits per heavy atom. The van der Waals surface area contributed by atoms with Gasteiger partial charge in [-0.1, -0.05) is 22.8 Å². The van der Waals surface area contributed by atoms with E-state index in [4.69, 9.17) is 16.1 Å². The minimum absolute atomic E-state index is 0.0703. The quantitative estimate of drug-likeness (QED) is 0.689. The summed E-state index contributed by atoms with van der Waals surface area (Å²) in [4.78, 5) is 6.21. The van der Waals surface area contributed by atoms with Crippen LogP contribution in [0.1, 0.15) is 23.6 Å². The van der Waals surface area contributed by atoms with Crippen LogP contribution in [0, 0.1) is 5.82 Å². The molecule has 122 valence electrons. The van der Waals surface area contributed by atoms with Gasteiger partial charge in [0.15, 0.2) is 5.96 Å². The number of guanidine groups is 1. The molecule has 1 aliphatic rings. The maximum Gasteiger partial charge on any atom is 0.193 e. The van der Waals surface area contributed by atoms with Crippen molar-refractivity contribution in [1.82, 2.24) is 15.4 Å². The molecule has 1 heterocycles. The predicted octanol–water partition coefficient (Wildman–Crippen LogP) is 3.03. The average molecular weight is 337 g/mol. The molecule has 0 amide bonds. The third-order valence-corrected chi connectivity index (χ3v) is 4.27. The molecular formula is C16H18ClFN4O. The van der Waals surface area contributed by atoms with Crippen molar-refractivity contribution in [3.8, 4) is 0 Å². The van der Waals surface area contributed by atoms with E-state index in [1.165, 1.54) is 12.3 Å². The van der Waals surface area contributed by atoms with Gasteiger partial charge in [-0.05, 0) is 18.6 Å². The normalized spacial score (nSPS) is 20.4. The molecule has 1 saturated carbocycles. The van der Waals surface area contributed by atoms with Crippen LogP contribution < -0.4 is 5.32 Å². The summed E-state index contributed by atoms with van der Waals surface area (Å²) < 4.78 is 18.8. The standard InChI is InChI=1S/C16H18ClFN4O/c1-19-16(22(2)9-10-6-7-23-21-10)20-14-8-11(14)15-12(17)4-3-5-13(15)18/h3-7,11,14H,8-9H2,1-2H3,(H,19,20). The van der Waals surface area contributed by atoms with Crippen LogP contribution in [0.2, 0.25) is 5.02 Å². The number of hydrogen-bond donors (Lipinski definition) is 1. The van der Waals surface area contributed by atoms with Crippen molar-refractivity contribution in [3.63, 3.8) is 0 Å². The molecule has 1 aromatic heterocycles. The second-order valence-electron chi connectivity index (χ2n) is 5.62. The van der Waals surface area contributed by atoms with Gasteiger partial charge in [0.05, 0.1) is 6.54 Å². The lowest BCUT2D eigenvalue weighted by Gasteiger charge is -2.21. The van der Waals surface area contributed by atoms with Crippen LogP contribution in [0.3, 0.4) is 0 Å². The summed E-state index contributed by atoms with van der Waals surface area (Å²) in [5.74, 6) is 0.548. The van der Waals surface area contributed by atoms with Gasteiger partial charge in [-0.3, -0.25) is 4.99 Å². The fourth-order valence-electron chi connectivity index (χ4n) is 2.69. The second kappa shape index (κ2) is 6.58. The number of benzene rings is 1. The molecule has 0 saturated heterocycles. The fourth-order valence-corrected chi connectivity index (χ4v) is 2.99. The maximum atomic E-state index is 14.0. The second-order valence-corrected chi connectivity index (χ2v) is 6.03. The highest BCUT2D eigenvalue weighted by atomic mass is 35.5. The van der Waals surface area contributed by atoms with E-state index < -0.39 is 0 Å². The Morgan fingerprint density at radius 1 is 1.52 bits per heavy atom. The number of aliphatic imine (C=N–C) groups is 1. The molecule has 7 heteroatoms. The van der Waals surface area contributed by atoms with E-state index in [9.17, 15) is 4.39 Å². The molecule has 2 unspecified atom stereocenters. The van der Waals surface area contributed by atoms with Crippen LogP contribution in [-0.2, 0) is 6.54 Å². The number of halogens is 2. The highest BCUT2D eigenvalue weighted by Crippen LogP contribution is 2.44. The van der Waals surface area contributed by atoms with Crippen molar-refractivity contribution in [3.05, 3.63) is 52.6 Å². The van der Waals surface area contributed by atoms with Crippen LogP contribution in [0.25, 0.3) is 0 Å². The number of rotatable bonds is 4. The molecule has 0 spiro atoms. The lowest BCUT2D eigenvalue weighted by Crippen LogP contribution is -2.40. The molecule has 1 fully saturated rings. The Balaban J connectivity index is 1.63. The minimum atomic E-state index is -0.252. The highest BCUT2D eigenvalue weighted by molar-refractivity contribution is 6.31. The van der Waals surface area contributed by atoms with Gasteiger partial charge in [0.25, 0.3) is 0 Å². The van der Waals surface area contributed by atoms with Crippen LogP contribution >= 0.6 is 11.6 Å². The fraction of sp³-hybridized carbons (Fsp3) is 0.375. The molecule has 2 atom stereocenters. The van der Waals surface area contributed by atoms with E-state index >= 15 is 0 Å². The van der Waals surface area contributed by atoms with Gasteiger partial charge in [0, 0.05) is 42.7 Å². The van der Waals surface area contributed by atoms with Crippen molar-refractivity contribution in [1.29, 1.82) is 0 Å². The molecular weight excluding hydrogens is 319 g/mol. The van der Waals surface area contributed by atoms with Crippen LogP contribution in [0.15, 0.2) is 40.0 Å². The molecule has 3 rings (SSSR count). The van der Waals surface area contributed by atoms with Crippen LogP contribution in [0.4, 0.5) is 4.39 Å².